The summed E-state index contributed by atoms with van der Waals surface area (Å²) in [5, 5.41) is 12.1. The Bertz CT molecular complexity index is 1030. The van der Waals surface area contributed by atoms with Crippen molar-refractivity contribution in [1.82, 2.24) is 29.6 Å². The first-order chi connectivity index (χ1) is 13.5. The van der Waals surface area contributed by atoms with Gasteiger partial charge in [-0.1, -0.05) is 22.7 Å². The van der Waals surface area contributed by atoms with Crippen LogP contribution in [-0.2, 0) is 7.05 Å². The number of fused-ring (bicyclic) bond motifs is 1. The third-order valence-electron chi connectivity index (χ3n) is 5.18. The predicted molar refractivity (Wildman–Crippen MR) is 106 cm³/mol. The van der Waals surface area contributed by atoms with Crippen molar-refractivity contribution in [3.63, 3.8) is 0 Å². The molecule has 3 aromatic rings. The molecule has 0 radical (unpaired) electrons. The Morgan fingerprint density at radius 2 is 2.14 bits per heavy atom. The number of aromatic nitrogens is 4. The molecule has 4 rings (SSSR count). The van der Waals surface area contributed by atoms with Crippen molar-refractivity contribution >= 4 is 34.2 Å². The summed E-state index contributed by atoms with van der Waals surface area (Å²) in [5.41, 5.74) is 2.04. The lowest BCUT2D eigenvalue weighted by molar-refractivity contribution is 0.0674. The predicted octanol–water partition coefficient (Wildman–Crippen LogP) is 2.02. The van der Waals surface area contributed by atoms with Crippen molar-refractivity contribution < 1.29 is 9.59 Å². The molecule has 1 saturated heterocycles. The maximum atomic E-state index is 12.7. The number of hydrogen-bond donors (Lipinski definition) is 1. The van der Waals surface area contributed by atoms with E-state index in [-0.39, 0.29) is 17.7 Å². The molecule has 0 saturated carbocycles. The molecule has 1 fully saturated rings. The van der Waals surface area contributed by atoms with Crippen LogP contribution < -0.4 is 5.32 Å². The van der Waals surface area contributed by atoms with Crippen LogP contribution >= 0.6 is 11.5 Å². The summed E-state index contributed by atoms with van der Waals surface area (Å²) in [6.45, 7) is 3.67. The zero-order valence-electron chi connectivity index (χ0n) is 15.9. The van der Waals surface area contributed by atoms with Crippen molar-refractivity contribution in [2.75, 3.05) is 19.6 Å². The second-order valence-electron chi connectivity index (χ2n) is 7.15. The molecular formula is C19H22N6O2S. The highest BCUT2D eigenvalue weighted by Gasteiger charge is 2.27. The van der Waals surface area contributed by atoms with Gasteiger partial charge in [-0.2, -0.15) is 5.10 Å². The fourth-order valence-electron chi connectivity index (χ4n) is 3.69. The van der Waals surface area contributed by atoms with Gasteiger partial charge in [-0.05, 0) is 43.3 Å². The maximum Gasteiger partial charge on any atom is 0.272 e. The van der Waals surface area contributed by atoms with E-state index in [0.717, 1.165) is 41.8 Å². The summed E-state index contributed by atoms with van der Waals surface area (Å²) in [7, 11) is 1.83. The Morgan fingerprint density at radius 1 is 1.32 bits per heavy atom. The van der Waals surface area contributed by atoms with E-state index in [1.807, 2.05) is 36.2 Å². The number of hydrogen-bond acceptors (Lipinski definition) is 6. The number of piperidine rings is 1. The highest BCUT2D eigenvalue weighted by atomic mass is 32.1. The van der Waals surface area contributed by atoms with Gasteiger partial charge in [-0.3, -0.25) is 14.3 Å². The number of benzene rings is 1. The molecule has 2 aromatic heterocycles. The van der Waals surface area contributed by atoms with Crippen molar-refractivity contribution in [2.45, 2.75) is 19.8 Å². The lowest BCUT2D eigenvalue weighted by Crippen LogP contribution is -2.43. The minimum Gasteiger partial charge on any atom is -0.350 e. The zero-order valence-corrected chi connectivity index (χ0v) is 16.7. The van der Waals surface area contributed by atoms with E-state index in [9.17, 15) is 9.59 Å². The molecule has 1 N–H and O–H groups in total. The van der Waals surface area contributed by atoms with E-state index < -0.39 is 0 Å². The zero-order chi connectivity index (χ0) is 19.7. The van der Waals surface area contributed by atoms with E-state index in [4.69, 9.17) is 0 Å². The summed E-state index contributed by atoms with van der Waals surface area (Å²) in [6, 6.07) is 7.69. The van der Waals surface area contributed by atoms with Crippen molar-refractivity contribution in [1.29, 1.82) is 0 Å². The first-order valence-corrected chi connectivity index (χ1v) is 10.1. The number of para-hydroxylation sites is 1. The summed E-state index contributed by atoms with van der Waals surface area (Å²) in [6.07, 6.45) is 1.90. The number of carbonyl (C=O) groups excluding carboxylic acids is 2. The fraction of sp³-hybridized carbons (Fsp3) is 0.421. The number of nitrogens with one attached hydrogen (secondary N) is 1. The largest absolute Gasteiger partial charge is 0.350 e. The van der Waals surface area contributed by atoms with Gasteiger partial charge in [0.25, 0.3) is 11.8 Å². The van der Waals surface area contributed by atoms with E-state index in [2.05, 4.69) is 20.0 Å². The van der Waals surface area contributed by atoms with Crippen LogP contribution in [-0.4, -0.2) is 55.7 Å². The van der Waals surface area contributed by atoms with Gasteiger partial charge in [-0.25, -0.2) is 0 Å². The summed E-state index contributed by atoms with van der Waals surface area (Å²) < 4.78 is 5.57. The quantitative estimate of drug-likeness (QED) is 0.726. The molecular weight excluding hydrogens is 376 g/mol. The molecule has 2 amide bonds. The van der Waals surface area contributed by atoms with Crippen LogP contribution in [0.4, 0.5) is 0 Å². The maximum absolute atomic E-state index is 12.7. The second-order valence-corrected chi connectivity index (χ2v) is 7.90. The summed E-state index contributed by atoms with van der Waals surface area (Å²) in [4.78, 5) is 27.8. The second kappa shape index (κ2) is 7.67. The Kier molecular flexibility index (Phi) is 5.08. The van der Waals surface area contributed by atoms with E-state index >= 15 is 0 Å². The average Bonchev–Trinajstić information content (AvgIpc) is 3.29. The number of aryl methyl sites for hydroxylation is 2. The molecule has 0 aliphatic carbocycles. The first-order valence-electron chi connectivity index (χ1n) is 9.32. The van der Waals surface area contributed by atoms with E-state index in [1.54, 1.807) is 11.6 Å². The number of likely N-dealkylation sites (tertiary alicyclic amines) is 1. The molecule has 1 aliphatic rings. The Labute approximate surface area is 166 Å². The van der Waals surface area contributed by atoms with Crippen LogP contribution in [0.25, 0.3) is 10.9 Å². The number of nitrogens with zero attached hydrogens (tertiary/aromatic N) is 5. The van der Waals surface area contributed by atoms with Gasteiger partial charge in [0.2, 0.25) is 0 Å². The fourth-order valence-corrected chi connectivity index (χ4v) is 4.31. The molecule has 0 bridgehead atoms. The van der Waals surface area contributed by atoms with Crippen molar-refractivity contribution in [3.8, 4) is 0 Å². The Morgan fingerprint density at radius 3 is 2.93 bits per heavy atom. The first kappa shape index (κ1) is 18.5. The number of rotatable bonds is 4. The van der Waals surface area contributed by atoms with Crippen LogP contribution in [0.3, 0.4) is 0 Å². The van der Waals surface area contributed by atoms with Crippen molar-refractivity contribution in [2.24, 2.45) is 13.0 Å². The average molecular weight is 398 g/mol. The molecule has 1 aliphatic heterocycles. The van der Waals surface area contributed by atoms with E-state index in [0.29, 0.717) is 29.4 Å². The third kappa shape index (κ3) is 3.49. The third-order valence-corrected chi connectivity index (χ3v) is 5.99. The normalized spacial score (nSPS) is 17.1. The van der Waals surface area contributed by atoms with Crippen LogP contribution in [0.1, 0.15) is 38.7 Å². The van der Waals surface area contributed by atoms with Gasteiger partial charge >= 0.3 is 0 Å². The molecule has 9 heteroatoms. The van der Waals surface area contributed by atoms with Crippen LogP contribution in [0, 0.1) is 12.8 Å². The Hall–Kier alpha value is -2.81. The lowest BCUT2D eigenvalue weighted by atomic mass is 9.97. The van der Waals surface area contributed by atoms with Gasteiger partial charge in [0.05, 0.1) is 11.2 Å². The molecule has 28 heavy (non-hydrogen) atoms. The highest BCUT2D eigenvalue weighted by molar-refractivity contribution is 7.07. The summed E-state index contributed by atoms with van der Waals surface area (Å²) in [5.74, 6) is 0.0276. The molecule has 0 spiro atoms. The minimum atomic E-state index is -0.178. The van der Waals surface area contributed by atoms with Crippen molar-refractivity contribution in [3.05, 3.63) is 40.5 Å². The lowest BCUT2D eigenvalue weighted by Gasteiger charge is -2.32. The molecule has 146 valence electrons. The SMILES string of the molecule is Cc1nnsc1C(=O)N1CCCC(CNC(=O)c2nn(C)c3ccccc23)C1. The minimum absolute atomic E-state index is 0.0146. The van der Waals surface area contributed by atoms with Crippen LogP contribution in [0.15, 0.2) is 24.3 Å². The molecule has 3 heterocycles. The molecule has 1 aromatic carbocycles. The van der Waals surface area contributed by atoms with Gasteiger partial charge in [0, 0.05) is 32.1 Å². The monoisotopic (exact) mass is 398 g/mol. The van der Waals surface area contributed by atoms with Gasteiger partial charge in [0.1, 0.15) is 4.88 Å². The van der Waals surface area contributed by atoms with Gasteiger partial charge < -0.3 is 10.2 Å². The summed E-state index contributed by atoms with van der Waals surface area (Å²) >= 11 is 1.14. The smallest absolute Gasteiger partial charge is 0.272 e. The number of amides is 2. The van der Waals surface area contributed by atoms with Crippen LogP contribution in [0.5, 0.6) is 0 Å². The topological polar surface area (TPSA) is 93.0 Å². The Balaban J connectivity index is 1.40. The molecule has 1 atom stereocenters. The standard InChI is InChI=1S/C19H22N6O2S/c1-12-17(28-23-21-12)19(27)25-9-5-6-13(11-25)10-20-18(26)16-14-7-3-4-8-15(14)24(2)22-16/h3-4,7-8,13H,5-6,9-11H2,1-2H3,(H,20,26). The molecule has 1 unspecified atom stereocenters. The highest BCUT2D eigenvalue weighted by Crippen LogP contribution is 2.21. The van der Waals surface area contributed by atoms with Gasteiger partial charge in [-0.15, -0.1) is 5.10 Å². The molecule has 8 nitrogen and oxygen atoms in total. The van der Waals surface area contributed by atoms with Crippen LogP contribution in [0.2, 0.25) is 0 Å². The number of carbonyl (C=O) groups is 2. The van der Waals surface area contributed by atoms with E-state index in [1.165, 1.54) is 0 Å². The van der Waals surface area contributed by atoms with Gasteiger partial charge in [0.15, 0.2) is 5.69 Å².